The molecule has 0 amide bonds. The lowest BCUT2D eigenvalue weighted by Crippen LogP contribution is -2.32. The normalized spacial score (nSPS) is 13.9. The van der Waals surface area contributed by atoms with Crippen LogP contribution in [0.4, 0.5) is 5.13 Å². The first-order chi connectivity index (χ1) is 15.1. The van der Waals surface area contributed by atoms with E-state index in [4.69, 9.17) is 9.72 Å². The highest BCUT2D eigenvalue weighted by molar-refractivity contribution is 7.99. The van der Waals surface area contributed by atoms with Crippen molar-refractivity contribution in [3.05, 3.63) is 64.7 Å². The number of benzene rings is 2. The molecule has 2 aromatic carbocycles. The van der Waals surface area contributed by atoms with E-state index in [1.54, 1.807) is 11.3 Å². The number of carbonyl (C=O) groups is 1. The molecule has 1 aromatic heterocycles. The van der Waals surface area contributed by atoms with Crippen LogP contribution in [-0.4, -0.2) is 47.3 Å². The van der Waals surface area contributed by atoms with E-state index >= 15 is 0 Å². The molecule has 1 N–H and O–H groups in total. The number of ether oxygens (including phenoxy) is 1. The molecule has 0 saturated carbocycles. The molecule has 0 unspecified atom stereocenters. The summed E-state index contributed by atoms with van der Waals surface area (Å²) in [5.41, 5.74) is 3.80. The minimum atomic E-state index is -0.832. The van der Waals surface area contributed by atoms with Crippen LogP contribution in [0, 0.1) is 6.92 Å². The molecule has 4 rings (SSSR count). The van der Waals surface area contributed by atoms with Crippen LogP contribution in [0.1, 0.15) is 16.1 Å². The summed E-state index contributed by atoms with van der Waals surface area (Å²) in [5, 5.41) is 10.3. The first kappa shape index (κ1) is 21.7. The molecule has 0 radical (unpaired) electrons. The maximum atomic E-state index is 11.2. The van der Waals surface area contributed by atoms with Crippen molar-refractivity contribution >= 4 is 34.2 Å². The van der Waals surface area contributed by atoms with Crippen molar-refractivity contribution in [1.29, 1.82) is 0 Å². The zero-order valence-electron chi connectivity index (χ0n) is 17.5. The van der Waals surface area contributed by atoms with Gasteiger partial charge in [-0.3, -0.25) is 4.79 Å². The summed E-state index contributed by atoms with van der Waals surface area (Å²) < 4.78 is 6.03. The van der Waals surface area contributed by atoms with Crippen molar-refractivity contribution in [3.8, 4) is 16.9 Å². The average Bonchev–Trinajstić information content (AvgIpc) is 3.15. The van der Waals surface area contributed by atoms with Gasteiger partial charge in [-0.15, -0.1) is 11.3 Å². The van der Waals surface area contributed by atoms with Gasteiger partial charge in [0.15, 0.2) is 5.13 Å². The number of nitrogens with zero attached hydrogens (tertiary/aromatic N) is 2. The Morgan fingerprint density at radius 2 is 1.97 bits per heavy atom. The van der Waals surface area contributed by atoms with Gasteiger partial charge in [0.2, 0.25) is 0 Å². The summed E-state index contributed by atoms with van der Waals surface area (Å²) in [4.78, 5) is 19.7. The zero-order chi connectivity index (χ0) is 21.6. The van der Waals surface area contributed by atoms with E-state index in [1.807, 2.05) is 60.3 Å². The number of rotatable bonds is 8. The molecule has 3 aromatic rings. The average molecular weight is 455 g/mol. The summed E-state index contributed by atoms with van der Waals surface area (Å²) in [6.07, 6.45) is 0.771. The number of aliphatic carboxylic acids is 1. The van der Waals surface area contributed by atoms with E-state index in [1.165, 1.54) is 16.4 Å². The van der Waals surface area contributed by atoms with Crippen LogP contribution in [0.3, 0.4) is 0 Å². The van der Waals surface area contributed by atoms with Gasteiger partial charge in [0.05, 0.1) is 18.7 Å². The summed E-state index contributed by atoms with van der Waals surface area (Å²) >= 11 is 3.78. The van der Waals surface area contributed by atoms with Crippen LogP contribution in [-0.2, 0) is 17.6 Å². The number of thiazole rings is 1. The summed E-state index contributed by atoms with van der Waals surface area (Å²) in [6.45, 7) is 4.84. The molecule has 162 valence electrons. The molecule has 0 bridgehead atoms. The van der Waals surface area contributed by atoms with Gasteiger partial charge in [-0.1, -0.05) is 36.4 Å². The van der Waals surface area contributed by atoms with Crippen molar-refractivity contribution in [1.82, 2.24) is 4.98 Å². The molecular formula is C24H26N2O3S2. The van der Waals surface area contributed by atoms with Crippen LogP contribution >= 0.6 is 23.1 Å². The highest BCUT2D eigenvalue weighted by Gasteiger charge is 2.17. The zero-order valence-corrected chi connectivity index (χ0v) is 19.2. The number of thioether (sulfide) groups is 1. The third-order valence-electron chi connectivity index (χ3n) is 5.27. The number of hydrogen-bond donors (Lipinski definition) is 1. The monoisotopic (exact) mass is 454 g/mol. The Hall–Kier alpha value is -2.51. The van der Waals surface area contributed by atoms with Crippen LogP contribution in [0.2, 0.25) is 0 Å². The van der Waals surface area contributed by atoms with E-state index in [0.29, 0.717) is 6.61 Å². The summed E-state index contributed by atoms with van der Waals surface area (Å²) in [6, 6.07) is 15.5. The lowest BCUT2D eigenvalue weighted by atomic mass is 9.97. The number of carboxylic acids is 1. The van der Waals surface area contributed by atoms with Crippen LogP contribution in [0.25, 0.3) is 11.1 Å². The second-order valence-corrected chi connectivity index (χ2v) is 9.86. The van der Waals surface area contributed by atoms with E-state index in [0.717, 1.165) is 52.8 Å². The molecule has 31 heavy (non-hydrogen) atoms. The smallest absolute Gasteiger partial charge is 0.307 e. The maximum absolute atomic E-state index is 11.2. The van der Waals surface area contributed by atoms with Gasteiger partial charge in [-0.25, -0.2) is 4.98 Å². The molecule has 1 saturated heterocycles. The largest absolute Gasteiger partial charge is 0.493 e. The molecule has 0 atom stereocenters. The van der Waals surface area contributed by atoms with Crippen molar-refractivity contribution in [2.45, 2.75) is 19.8 Å². The lowest BCUT2D eigenvalue weighted by molar-refractivity contribution is -0.136. The summed E-state index contributed by atoms with van der Waals surface area (Å²) in [5.74, 6) is 2.29. The van der Waals surface area contributed by atoms with Gasteiger partial charge in [0, 0.05) is 35.9 Å². The van der Waals surface area contributed by atoms with E-state index in [9.17, 15) is 9.90 Å². The van der Waals surface area contributed by atoms with Crippen molar-refractivity contribution in [2.24, 2.45) is 0 Å². The van der Waals surface area contributed by atoms with Crippen molar-refractivity contribution in [3.63, 3.8) is 0 Å². The minimum absolute atomic E-state index is 0.00238. The molecular weight excluding hydrogens is 428 g/mol. The Balaban J connectivity index is 1.41. The van der Waals surface area contributed by atoms with Gasteiger partial charge in [-0.05, 0) is 35.7 Å². The van der Waals surface area contributed by atoms with Gasteiger partial charge < -0.3 is 14.7 Å². The molecule has 1 fully saturated rings. The Bertz CT molecular complexity index is 1040. The fourth-order valence-electron chi connectivity index (χ4n) is 3.67. The maximum Gasteiger partial charge on any atom is 0.307 e. The highest BCUT2D eigenvalue weighted by Crippen LogP contribution is 2.29. The number of hydrogen-bond acceptors (Lipinski definition) is 6. The van der Waals surface area contributed by atoms with Crippen LogP contribution < -0.4 is 9.64 Å². The highest BCUT2D eigenvalue weighted by atomic mass is 32.2. The predicted octanol–water partition coefficient (Wildman–Crippen LogP) is 4.92. The fourth-order valence-corrected chi connectivity index (χ4v) is 5.58. The summed E-state index contributed by atoms with van der Waals surface area (Å²) in [7, 11) is 0. The Morgan fingerprint density at radius 1 is 1.16 bits per heavy atom. The molecule has 5 nitrogen and oxygen atoms in total. The number of carboxylic acid groups (broad SMARTS) is 1. The molecule has 1 aliphatic rings. The fraction of sp³-hybridized carbons (Fsp3) is 0.333. The van der Waals surface area contributed by atoms with Gasteiger partial charge in [0.25, 0.3) is 0 Å². The molecule has 7 heteroatoms. The molecule has 0 aliphatic carbocycles. The topological polar surface area (TPSA) is 62.7 Å². The number of aryl methyl sites for hydroxylation is 1. The third kappa shape index (κ3) is 5.60. The minimum Gasteiger partial charge on any atom is -0.493 e. The Kier molecular flexibility index (Phi) is 7.14. The third-order valence-corrected chi connectivity index (χ3v) is 7.29. The Labute approximate surface area is 191 Å². The molecule has 1 aliphatic heterocycles. The second kappa shape index (κ2) is 10.2. The van der Waals surface area contributed by atoms with Crippen molar-refractivity contribution < 1.29 is 14.6 Å². The Morgan fingerprint density at radius 3 is 2.77 bits per heavy atom. The van der Waals surface area contributed by atoms with Gasteiger partial charge in [0.1, 0.15) is 5.75 Å². The first-order valence-corrected chi connectivity index (χ1v) is 12.4. The van der Waals surface area contributed by atoms with E-state index in [-0.39, 0.29) is 6.42 Å². The number of aromatic nitrogens is 1. The molecule has 0 spiro atoms. The van der Waals surface area contributed by atoms with Gasteiger partial charge >= 0.3 is 5.97 Å². The lowest BCUT2D eigenvalue weighted by Gasteiger charge is -2.25. The first-order valence-electron chi connectivity index (χ1n) is 10.4. The quantitative estimate of drug-likeness (QED) is 0.521. The SMILES string of the molecule is Cc1sc(N2CCSCC2)nc1CCOc1cccc(-c2ccccc2CC(=O)O)c1. The predicted molar refractivity (Wildman–Crippen MR) is 129 cm³/mol. The van der Waals surface area contributed by atoms with Crippen LogP contribution in [0.5, 0.6) is 5.75 Å². The second-order valence-electron chi connectivity index (χ2n) is 7.45. The van der Waals surface area contributed by atoms with Crippen LogP contribution in [0.15, 0.2) is 48.5 Å². The van der Waals surface area contributed by atoms with Gasteiger partial charge in [-0.2, -0.15) is 11.8 Å². The van der Waals surface area contributed by atoms with E-state index in [2.05, 4.69) is 11.8 Å². The number of anilines is 1. The van der Waals surface area contributed by atoms with Crippen molar-refractivity contribution in [2.75, 3.05) is 36.1 Å². The standard InChI is InChI=1S/C24H26N2O3S2/c1-17-22(25-24(31-17)26-10-13-30-14-11-26)9-12-29-20-7-4-6-18(15-20)21-8-3-2-5-19(21)16-23(27)28/h2-8,15H,9-14,16H2,1H3,(H,27,28). The van der Waals surface area contributed by atoms with E-state index < -0.39 is 5.97 Å². The molecule has 2 heterocycles.